The number of aliphatic hydroxyl groups is 1. The highest BCUT2D eigenvalue weighted by Crippen LogP contribution is 2.36. The quantitative estimate of drug-likeness (QED) is 0.584. The molecule has 0 aliphatic carbocycles. The lowest BCUT2D eigenvalue weighted by Crippen LogP contribution is -2.32. The van der Waals surface area contributed by atoms with Crippen molar-refractivity contribution in [2.75, 3.05) is 18.5 Å². The van der Waals surface area contributed by atoms with E-state index in [1.165, 1.54) is 24.4 Å². The minimum Gasteiger partial charge on any atom is -0.490 e. The topological polar surface area (TPSA) is 87.7 Å². The molecule has 1 atom stereocenters. The van der Waals surface area contributed by atoms with Crippen LogP contribution in [-0.4, -0.2) is 30.1 Å². The van der Waals surface area contributed by atoms with Crippen molar-refractivity contribution in [2.45, 2.75) is 12.3 Å². The molecule has 1 aliphatic heterocycles. The van der Waals surface area contributed by atoms with Gasteiger partial charge < -0.3 is 20.5 Å². The maximum Gasteiger partial charge on any atom is 0.253 e. The zero-order valence-corrected chi connectivity index (χ0v) is 17.4. The third-order valence-corrected chi connectivity index (χ3v) is 5.26. The number of anilines is 1. The molecule has 6 nitrogen and oxygen atoms in total. The Morgan fingerprint density at radius 1 is 1.34 bits per heavy atom. The Morgan fingerprint density at radius 2 is 2.07 bits per heavy atom. The fraction of sp³-hybridized carbons (Fsp3) is 0.200. The van der Waals surface area contributed by atoms with Gasteiger partial charge in [0, 0.05) is 34.7 Å². The summed E-state index contributed by atoms with van der Waals surface area (Å²) < 4.78 is 19.2. The van der Waals surface area contributed by atoms with E-state index in [1.807, 2.05) is 0 Å². The maximum atomic E-state index is 13.3. The van der Waals surface area contributed by atoms with Gasteiger partial charge in [-0.3, -0.25) is 9.59 Å². The lowest BCUT2D eigenvalue weighted by Gasteiger charge is -2.24. The summed E-state index contributed by atoms with van der Waals surface area (Å²) in [5, 5.41) is 14.6. The van der Waals surface area contributed by atoms with E-state index in [0.29, 0.717) is 32.1 Å². The Kier molecular flexibility index (Phi) is 6.89. The maximum absolute atomic E-state index is 13.3. The largest absolute Gasteiger partial charge is 0.490 e. The van der Waals surface area contributed by atoms with Crippen molar-refractivity contribution in [1.29, 1.82) is 0 Å². The number of ether oxygens (including phenoxy) is 1. The highest BCUT2D eigenvalue weighted by Gasteiger charge is 2.29. The van der Waals surface area contributed by atoms with E-state index in [1.54, 1.807) is 18.2 Å². The van der Waals surface area contributed by atoms with Crippen LogP contribution in [0.3, 0.4) is 0 Å². The van der Waals surface area contributed by atoms with E-state index in [4.69, 9.17) is 21.4 Å². The first-order chi connectivity index (χ1) is 13.9. The third kappa shape index (κ3) is 5.14. The lowest BCUT2D eigenvalue weighted by atomic mass is 9.86. The van der Waals surface area contributed by atoms with Gasteiger partial charge in [0.1, 0.15) is 18.2 Å². The molecule has 1 heterocycles. The normalized spacial score (nSPS) is 16.1. The Labute approximate surface area is 179 Å². The fourth-order valence-electron chi connectivity index (χ4n) is 2.92. The van der Waals surface area contributed by atoms with Gasteiger partial charge >= 0.3 is 0 Å². The average molecular weight is 484 g/mol. The molecule has 0 saturated carbocycles. The molecule has 2 aromatic carbocycles. The molecule has 3 N–H and O–H groups in total. The number of carbonyl (C=O) groups is 2. The summed E-state index contributed by atoms with van der Waals surface area (Å²) in [4.78, 5) is 24.8. The molecule has 0 fully saturated rings. The second-order valence-electron chi connectivity index (χ2n) is 6.26. The van der Waals surface area contributed by atoms with Crippen LogP contribution in [0.5, 0.6) is 5.75 Å². The van der Waals surface area contributed by atoms with Gasteiger partial charge in [0.05, 0.1) is 17.3 Å². The average Bonchev–Trinajstić information content (AvgIpc) is 2.69. The summed E-state index contributed by atoms with van der Waals surface area (Å²) in [7, 11) is 0. The van der Waals surface area contributed by atoms with Gasteiger partial charge in [-0.1, -0.05) is 23.7 Å². The first kappa shape index (κ1) is 21.3. The minimum absolute atomic E-state index is 0.0541. The van der Waals surface area contributed by atoms with Crippen LogP contribution in [0.25, 0.3) is 0 Å². The number of halogens is 3. The van der Waals surface area contributed by atoms with Crippen molar-refractivity contribution >= 4 is 45.0 Å². The standard InChI is InChI=1S/C20H17BrClFN2O4/c21-15-8-16(22)18(29-6-5-26)9-17(15)25-20(28)14-10-24-19(27)7-13(14)11-1-3-12(23)4-2-11/h1-4,8-10,13,26H,5-7H2,(H,24,27)(H,25,28)/t13-/m0/s1. The lowest BCUT2D eigenvalue weighted by molar-refractivity contribution is -0.121. The number of rotatable bonds is 6. The molecule has 0 aromatic heterocycles. The zero-order valence-electron chi connectivity index (χ0n) is 15.0. The summed E-state index contributed by atoms with van der Waals surface area (Å²) in [6, 6.07) is 8.79. The van der Waals surface area contributed by atoms with Gasteiger partial charge in [0.25, 0.3) is 5.91 Å². The van der Waals surface area contributed by atoms with Crippen molar-refractivity contribution in [2.24, 2.45) is 0 Å². The van der Waals surface area contributed by atoms with Gasteiger partial charge in [-0.2, -0.15) is 0 Å². The Hall–Kier alpha value is -2.42. The van der Waals surface area contributed by atoms with Crippen LogP contribution in [0.4, 0.5) is 10.1 Å². The molecule has 152 valence electrons. The number of nitrogens with one attached hydrogen (secondary N) is 2. The second-order valence-corrected chi connectivity index (χ2v) is 7.53. The summed E-state index contributed by atoms with van der Waals surface area (Å²) >= 11 is 9.46. The minimum atomic E-state index is -0.513. The van der Waals surface area contributed by atoms with Crippen LogP contribution in [0.2, 0.25) is 5.02 Å². The third-order valence-electron chi connectivity index (χ3n) is 4.31. The monoisotopic (exact) mass is 482 g/mol. The fourth-order valence-corrected chi connectivity index (χ4v) is 3.71. The van der Waals surface area contributed by atoms with Crippen molar-refractivity contribution in [3.63, 3.8) is 0 Å². The number of hydrogen-bond acceptors (Lipinski definition) is 4. The molecule has 0 bridgehead atoms. The highest BCUT2D eigenvalue weighted by molar-refractivity contribution is 9.10. The summed E-state index contributed by atoms with van der Waals surface area (Å²) in [6.45, 7) is -0.126. The van der Waals surface area contributed by atoms with E-state index in [2.05, 4.69) is 26.6 Å². The van der Waals surface area contributed by atoms with E-state index in [0.717, 1.165) is 0 Å². The number of benzene rings is 2. The summed E-state index contributed by atoms with van der Waals surface area (Å²) in [5.74, 6) is -1.27. The van der Waals surface area contributed by atoms with Gasteiger partial charge in [0.2, 0.25) is 5.91 Å². The van der Waals surface area contributed by atoms with Crippen LogP contribution < -0.4 is 15.4 Å². The van der Waals surface area contributed by atoms with Crippen LogP contribution in [0.15, 0.2) is 52.6 Å². The van der Waals surface area contributed by atoms with Crippen molar-refractivity contribution in [1.82, 2.24) is 5.32 Å². The van der Waals surface area contributed by atoms with Gasteiger partial charge in [-0.15, -0.1) is 0 Å². The second kappa shape index (κ2) is 9.39. The molecule has 0 unspecified atom stereocenters. The zero-order chi connectivity index (χ0) is 21.0. The first-order valence-corrected chi connectivity index (χ1v) is 9.85. The molecule has 0 saturated heterocycles. The molecule has 9 heteroatoms. The van der Waals surface area contributed by atoms with E-state index in [-0.39, 0.29) is 25.5 Å². The van der Waals surface area contributed by atoms with Crippen LogP contribution in [0.1, 0.15) is 17.9 Å². The SMILES string of the molecule is O=C1C[C@@H](c2ccc(F)cc2)C(C(=O)Nc2cc(OCCO)c(Cl)cc2Br)=CN1. The number of carbonyl (C=O) groups excluding carboxylic acids is 2. The molecule has 2 amide bonds. The van der Waals surface area contributed by atoms with E-state index in [9.17, 15) is 14.0 Å². The van der Waals surface area contributed by atoms with Crippen LogP contribution in [-0.2, 0) is 9.59 Å². The predicted octanol–water partition coefficient (Wildman–Crippen LogP) is 3.74. The van der Waals surface area contributed by atoms with Crippen molar-refractivity contribution in [3.05, 3.63) is 69.0 Å². The molecular weight excluding hydrogens is 467 g/mol. The Morgan fingerprint density at radius 3 is 2.76 bits per heavy atom. The molecule has 29 heavy (non-hydrogen) atoms. The van der Waals surface area contributed by atoms with Gasteiger partial charge in [-0.05, 0) is 39.7 Å². The first-order valence-electron chi connectivity index (χ1n) is 8.68. The van der Waals surface area contributed by atoms with Gasteiger partial charge in [0.15, 0.2) is 0 Å². The van der Waals surface area contributed by atoms with Crippen LogP contribution in [0, 0.1) is 5.82 Å². The van der Waals surface area contributed by atoms with E-state index >= 15 is 0 Å². The smallest absolute Gasteiger partial charge is 0.253 e. The molecule has 0 spiro atoms. The number of aliphatic hydroxyl groups excluding tert-OH is 1. The molecule has 1 aliphatic rings. The predicted molar refractivity (Wildman–Crippen MR) is 110 cm³/mol. The number of amides is 2. The summed E-state index contributed by atoms with van der Waals surface area (Å²) in [5.41, 5.74) is 1.39. The number of hydrogen-bond donors (Lipinski definition) is 3. The van der Waals surface area contributed by atoms with E-state index < -0.39 is 17.6 Å². The Bertz CT molecular complexity index is 966. The highest BCUT2D eigenvalue weighted by atomic mass is 79.9. The Balaban J connectivity index is 1.86. The summed E-state index contributed by atoms with van der Waals surface area (Å²) in [6.07, 6.45) is 1.43. The molecule has 3 rings (SSSR count). The van der Waals surface area contributed by atoms with Gasteiger partial charge in [-0.25, -0.2) is 4.39 Å². The molecule has 0 radical (unpaired) electrons. The molecule has 2 aromatic rings. The molecular formula is C20H17BrClFN2O4. The van der Waals surface area contributed by atoms with Crippen LogP contribution >= 0.6 is 27.5 Å². The van der Waals surface area contributed by atoms with Crippen molar-refractivity contribution < 1.29 is 23.8 Å². The van der Waals surface area contributed by atoms with Crippen molar-refractivity contribution in [3.8, 4) is 5.75 Å².